The SMILES string of the molecule is CC(C)=CC(=O)NCCc1nc2ccccc2n1CCN(C)C. The normalized spacial score (nSPS) is 11.0. The molecule has 0 saturated carbocycles. The van der Waals surface area contributed by atoms with Gasteiger partial charge in [-0.1, -0.05) is 17.7 Å². The first-order valence-corrected chi connectivity index (χ1v) is 7.99. The topological polar surface area (TPSA) is 50.2 Å². The number of carbonyl (C=O) groups is 1. The molecule has 0 aliphatic rings. The van der Waals surface area contributed by atoms with Crippen LogP contribution in [0.15, 0.2) is 35.9 Å². The number of carbonyl (C=O) groups excluding carboxylic acids is 1. The van der Waals surface area contributed by atoms with Crippen LogP contribution in [0.2, 0.25) is 0 Å². The summed E-state index contributed by atoms with van der Waals surface area (Å²) < 4.78 is 2.25. The molecule has 1 N–H and O–H groups in total. The van der Waals surface area contributed by atoms with E-state index >= 15 is 0 Å². The Balaban J connectivity index is 2.10. The number of aromatic nitrogens is 2. The zero-order valence-corrected chi connectivity index (χ0v) is 14.5. The summed E-state index contributed by atoms with van der Waals surface area (Å²) in [5.74, 6) is 0.978. The summed E-state index contributed by atoms with van der Waals surface area (Å²) in [5, 5.41) is 2.92. The van der Waals surface area contributed by atoms with E-state index in [1.165, 1.54) is 0 Å². The van der Waals surface area contributed by atoms with E-state index in [1.807, 2.05) is 32.0 Å². The molecule has 2 rings (SSSR count). The number of rotatable bonds is 7. The number of nitrogens with zero attached hydrogens (tertiary/aromatic N) is 3. The number of hydrogen-bond acceptors (Lipinski definition) is 3. The molecule has 5 nitrogen and oxygen atoms in total. The molecule has 1 amide bonds. The van der Waals surface area contributed by atoms with Gasteiger partial charge in [-0.25, -0.2) is 4.98 Å². The van der Waals surface area contributed by atoms with Gasteiger partial charge >= 0.3 is 0 Å². The van der Waals surface area contributed by atoms with Gasteiger partial charge in [-0.3, -0.25) is 4.79 Å². The fraction of sp³-hybridized carbons (Fsp3) is 0.444. The molecule has 0 aliphatic carbocycles. The Bertz CT molecular complexity index is 696. The third-order valence-corrected chi connectivity index (χ3v) is 3.57. The largest absolute Gasteiger partial charge is 0.352 e. The molecule has 0 fully saturated rings. The molecular weight excluding hydrogens is 288 g/mol. The highest BCUT2D eigenvalue weighted by Crippen LogP contribution is 2.16. The molecule has 124 valence electrons. The average molecular weight is 314 g/mol. The van der Waals surface area contributed by atoms with Crippen LogP contribution in [0, 0.1) is 0 Å². The monoisotopic (exact) mass is 314 g/mol. The summed E-state index contributed by atoms with van der Waals surface area (Å²) in [7, 11) is 4.14. The van der Waals surface area contributed by atoms with Gasteiger partial charge in [-0.2, -0.15) is 0 Å². The Morgan fingerprint density at radius 1 is 1.30 bits per heavy atom. The number of amides is 1. The van der Waals surface area contributed by atoms with Crippen LogP contribution in [0.5, 0.6) is 0 Å². The van der Waals surface area contributed by atoms with Gasteiger partial charge in [-0.15, -0.1) is 0 Å². The number of imidazole rings is 1. The van der Waals surface area contributed by atoms with Crippen molar-refractivity contribution in [2.24, 2.45) is 0 Å². The van der Waals surface area contributed by atoms with Crippen LogP contribution < -0.4 is 5.32 Å². The van der Waals surface area contributed by atoms with Crippen LogP contribution in [-0.4, -0.2) is 47.5 Å². The van der Waals surface area contributed by atoms with Crippen molar-refractivity contribution in [3.05, 3.63) is 41.7 Å². The van der Waals surface area contributed by atoms with Crippen LogP contribution >= 0.6 is 0 Å². The molecule has 2 aromatic rings. The van der Waals surface area contributed by atoms with E-state index < -0.39 is 0 Å². The van der Waals surface area contributed by atoms with Crippen LogP contribution in [-0.2, 0) is 17.8 Å². The number of benzene rings is 1. The first-order valence-electron chi connectivity index (χ1n) is 7.99. The quantitative estimate of drug-likeness (QED) is 0.797. The van der Waals surface area contributed by atoms with Crippen molar-refractivity contribution < 1.29 is 4.79 Å². The maximum absolute atomic E-state index is 11.7. The highest BCUT2D eigenvalue weighted by Gasteiger charge is 2.10. The molecule has 0 bridgehead atoms. The smallest absolute Gasteiger partial charge is 0.243 e. The van der Waals surface area contributed by atoms with Gasteiger partial charge in [-0.05, 0) is 40.1 Å². The number of fused-ring (bicyclic) bond motifs is 1. The van der Waals surface area contributed by atoms with Crippen molar-refractivity contribution in [2.45, 2.75) is 26.8 Å². The molecule has 0 spiro atoms. The van der Waals surface area contributed by atoms with Crippen molar-refractivity contribution in [3.8, 4) is 0 Å². The number of likely N-dealkylation sites (N-methyl/N-ethyl adjacent to an activating group) is 1. The molecular formula is C18H26N4O. The standard InChI is InChI=1S/C18H26N4O/c1-14(2)13-18(23)19-10-9-17-20-15-7-5-6-8-16(15)22(17)12-11-21(3)4/h5-8,13H,9-12H2,1-4H3,(H,19,23). The predicted octanol–water partition coefficient (Wildman–Crippen LogP) is 2.22. The van der Waals surface area contributed by atoms with Crippen molar-refractivity contribution in [1.82, 2.24) is 19.8 Å². The summed E-state index contributed by atoms with van der Waals surface area (Å²) in [6.45, 7) is 6.27. The number of allylic oxidation sites excluding steroid dienone is 1. The van der Waals surface area contributed by atoms with Gasteiger partial charge in [0.25, 0.3) is 0 Å². The third-order valence-electron chi connectivity index (χ3n) is 3.57. The average Bonchev–Trinajstić information content (AvgIpc) is 2.82. The van der Waals surface area contributed by atoms with E-state index in [0.29, 0.717) is 6.54 Å². The van der Waals surface area contributed by atoms with Crippen molar-refractivity contribution >= 4 is 16.9 Å². The van der Waals surface area contributed by atoms with E-state index in [9.17, 15) is 4.79 Å². The summed E-state index contributed by atoms with van der Waals surface area (Å²) in [4.78, 5) is 18.6. The lowest BCUT2D eigenvalue weighted by Crippen LogP contribution is -2.25. The molecule has 1 aromatic heterocycles. The molecule has 5 heteroatoms. The molecule has 1 aromatic carbocycles. The summed E-state index contributed by atoms with van der Waals surface area (Å²) in [6, 6.07) is 8.18. The molecule has 23 heavy (non-hydrogen) atoms. The van der Waals surface area contributed by atoms with E-state index in [4.69, 9.17) is 4.98 Å². The van der Waals surface area contributed by atoms with E-state index in [-0.39, 0.29) is 5.91 Å². The van der Waals surface area contributed by atoms with Gasteiger partial charge in [0.1, 0.15) is 5.82 Å². The summed E-state index contributed by atoms with van der Waals surface area (Å²) in [6.07, 6.45) is 2.35. The van der Waals surface area contributed by atoms with Crippen LogP contribution in [0.3, 0.4) is 0 Å². The zero-order chi connectivity index (χ0) is 16.8. The Hall–Kier alpha value is -2.14. The Morgan fingerprint density at radius 3 is 2.74 bits per heavy atom. The summed E-state index contributed by atoms with van der Waals surface area (Å²) >= 11 is 0. The first kappa shape index (κ1) is 17.2. The molecule has 0 saturated heterocycles. The minimum Gasteiger partial charge on any atom is -0.352 e. The van der Waals surface area contributed by atoms with E-state index in [2.05, 4.69) is 34.9 Å². The minimum atomic E-state index is -0.0408. The predicted molar refractivity (Wildman–Crippen MR) is 94.4 cm³/mol. The molecule has 1 heterocycles. The van der Waals surface area contributed by atoms with E-state index in [0.717, 1.165) is 41.9 Å². The van der Waals surface area contributed by atoms with Crippen molar-refractivity contribution in [2.75, 3.05) is 27.2 Å². The van der Waals surface area contributed by atoms with E-state index in [1.54, 1.807) is 6.08 Å². The Kier molecular flexibility index (Phi) is 5.93. The number of nitrogens with one attached hydrogen (secondary N) is 1. The number of para-hydroxylation sites is 2. The highest BCUT2D eigenvalue weighted by atomic mass is 16.1. The molecule has 0 aliphatic heterocycles. The summed E-state index contributed by atoms with van der Waals surface area (Å²) in [5.41, 5.74) is 3.16. The van der Waals surface area contributed by atoms with Gasteiger partial charge in [0.05, 0.1) is 11.0 Å². The maximum Gasteiger partial charge on any atom is 0.243 e. The number of hydrogen-bond donors (Lipinski definition) is 1. The third kappa shape index (κ3) is 4.93. The van der Waals surface area contributed by atoms with Crippen LogP contribution in [0.1, 0.15) is 19.7 Å². The lowest BCUT2D eigenvalue weighted by molar-refractivity contribution is -0.116. The van der Waals surface area contributed by atoms with Gasteiger partial charge in [0.2, 0.25) is 5.91 Å². The minimum absolute atomic E-state index is 0.0408. The first-order chi connectivity index (χ1) is 11.0. The molecule has 0 atom stereocenters. The fourth-order valence-corrected chi connectivity index (χ4v) is 2.48. The second-order valence-corrected chi connectivity index (χ2v) is 6.23. The maximum atomic E-state index is 11.7. The lowest BCUT2D eigenvalue weighted by atomic mass is 10.3. The van der Waals surface area contributed by atoms with Crippen LogP contribution in [0.25, 0.3) is 11.0 Å². The van der Waals surface area contributed by atoms with Crippen molar-refractivity contribution in [3.63, 3.8) is 0 Å². The second kappa shape index (κ2) is 7.92. The molecule has 0 radical (unpaired) electrons. The molecule has 0 unspecified atom stereocenters. The highest BCUT2D eigenvalue weighted by molar-refractivity contribution is 5.88. The van der Waals surface area contributed by atoms with Gasteiger partial charge in [0, 0.05) is 32.1 Å². The van der Waals surface area contributed by atoms with Crippen LogP contribution in [0.4, 0.5) is 0 Å². The second-order valence-electron chi connectivity index (χ2n) is 6.23. The lowest BCUT2D eigenvalue weighted by Gasteiger charge is -2.13. The van der Waals surface area contributed by atoms with Gasteiger partial charge < -0.3 is 14.8 Å². The van der Waals surface area contributed by atoms with Gasteiger partial charge in [0.15, 0.2) is 0 Å². The Morgan fingerprint density at radius 2 is 2.04 bits per heavy atom. The van der Waals surface area contributed by atoms with Crippen molar-refractivity contribution in [1.29, 1.82) is 0 Å². The zero-order valence-electron chi connectivity index (χ0n) is 14.5. The Labute approximate surface area is 138 Å². The fourth-order valence-electron chi connectivity index (χ4n) is 2.48.